The third kappa shape index (κ3) is 3.10. The van der Waals surface area contributed by atoms with Crippen molar-refractivity contribution in [1.29, 1.82) is 0 Å². The van der Waals surface area contributed by atoms with Crippen molar-refractivity contribution in [3.05, 3.63) is 29.8 Å². The largest absolute Gasteiger partial charge is 0.474 e. The molecule has 1 amide bonds. The molecule has 1 heterocycles. The molecule has 108 valence electrons. The number of carboxylic acid groups (broad SMARTS) is 1. The summed E-state index contributed by atoms with van der Waals surface area (Å²) < 4.78 is 0. The molecular weight excluding hydrogens is 256 g/mol. The number of amides is 1. The topological polar surface area (TPSA) is 60.9 Å². The first-order valence-corrected chi connectivity index (χ1v) is 6.78. The van der Waals surface area contributed by atoms with Crippen LogP contribution in [0.3, 0.4) is 0 Å². The number of carbonyl (C=O) groups excluding carboxylic acids is 1. The zero-order valence-corrected chi connectivity index (χ0v) is 11.9. The fourth-order valence-electron chi connectivity index (χ4n) is 2.60. The minimum absolute atomic E-state index is 0.407. The van der Waals surface area contributed by atoms with Crippen LogP contribution in [0.5, 0.6) is 0 Å². The van der Waals surface area contributed by atoms with Crippen LogP contribution in [0, 0.1) is 0 Å². The van der Waals surface area contributed by atoms with Gasteiger partial charge in [0.2, 0.25) is 0 Å². The third-order valence-corrected chi connectivity index (χ3v) is 3.85. The molecule has 5 heteroatoms. The number of benzene rings is 1. The van der Waals surface area contributed by atoms with Crippen LogP contribution >= 0.6 is 0 Å². The highest BCUT2D eigenvalue weighted by Gasteiger charge is 2.27. The number of likely N-dealkylation sites (tertiary alicyclic amines) is 1. The molecule has 2 rings (SSSR count). The lowest BCUT2D eigenvalue weighted by Crippen LogP contribution is -2.41. The minimum atomic E-state index is -1.36. The Kier molecular flexibility index (Phi) is 4.27. The van der Waals surface area contributed by atoms with Crippen molar-refractivity contribution >= 4 is 17.6 Å². The molecule has 1 aromatic rings. The Morgan fingerprint density at radius 2 is 1.70 bits per heavy atom. The Balaban J connectivity index is 1.97. The van der Waals surface area contributed by atoms with Crippen LogP contribution < -0.4 is 4.90 Å². The summed E-state index contributed by atoms with van der Waals surface area (Å²) in [6.45, 7) is 1.04. The number of carboxylic acids is 1. The van der Waals surface area contributed by atoms with E-state index < -0.39 is 11.9 Å². The van der Waals surface area contributed by atoms with Crippen LogP contribution in [0.2, 0.25) is 0 Å². The van der Waals surface area contributed by atoms with Crippen molar-refractivity contribution < 1.29 is 14.7 Å². The molecule has 1 aliphatic rings. The van der Waals surface area contributed by atoms with E-state index in [1.54, 1.807) is 0 Å². The lowest BCUT2D eigenvalue weighted by atomic mass is 9.89. The fourth-order valence-corrected chi connectivity index (χ4v) is 2.60. The first-order chi connectivity index (χ1) is 9.49. The summed E-state index contributed by atoms with van der Waals surface area (Å²) in [6.07, 6.45) is 1.64. The normalized spacial score (nSPS) is 16.0. The van der Waals surface area contributed by atoms with Crippen molar-refractivity contribution in [2.75, 3.05) is 32.1 Å². The second-order valence-corrected chi connectivity index (χ2v) is 5.36. The lowest BCUT2D eigenvalue weighted by Gasteiger charge is -2.31. The Morgan fingerprint density at radius 1 is 1.15 bits per heavy atom. The molecule has 0 aromatic heterocycles. The molecule has 1 aliphatic heterocycles. The van der Waals surface area contributed by atoms with E-state index in [0.717, 1.165) is 18.5 Å². The highest BCUT2D eigenvalue weighted by atomic mass is 16.4. The Bertz CT molecular complexity index is 488. The van der Waals surface area contributed by atoms with Gasteiger partial charge < -0.3 is 14.9 Å². The molecular formula is C15H20N2O3. The summed E-state index contributed by atoms with van der Waals surface area (Å²) in [4.78, 5) is 25.5. The standard InChI is InChI=1S/C15H20N2O3/c1-16(2)13-5-3-11(4-6-13)12-7-9-17(10-8-12)14(18)15(19)20/h3-6,12H,7-10H2,1-2H3,(H,19,20). The SMILES string of the molecule is CN(C)c1ccc(C2CCN(C(=O)C(=O)O)CC2)cc1. The summed E-state index contributed by atoms with van der Waals surface area (Å²) in [7, 11) is 4.01. The smallest absolute Gasteiger partial charge is 0.394 e. The van der Waals surface area contributed by atoms with Crippen LogP contribution in [0.4, 0.5) is 5.69 Å². The van der Waals surface area contributed by atoms with Crippen LogP contribution in [-0.2, 0) is 9.59 Å². The first kappa shape index (κ1) is 14.4. The molecule has 0 bridgehead atoms. The lowest BCUT2D eigenvalue weighted by molar-refractivity contribution is -0.156. The van der Waals surface area contributed by atoms with Crippen LogP contribution in [0.15, 0.2) is 24.3 Å². The van der Waals surface area contributed by atoms with E-state index in [4.69, 9.17) is 5.11 Å². The summed E-state index contributed by atoms with van der Waals surface area (Å²) in [5.74, 6) is -1.74. The summed E-state index contributed by atoms with van der Waals surface area (Å²) in [5, 5.41) is 8.70. The third-order valence-electron chi connectivity index (χ3n) is 3.85. The van der Waals surface area contributed by atoms with Crippen molar-refractivity contribution in [3.63, 3.8) is 0 Å². The van der Waals surface area contributed by atoms with Gasteiger partial charge in [-0.15, -0.1) is 0 Å². The van der Waals surface area contributed by atoms with Crippen LogP contribution in [0.1, 0.15) is 24.3 Å². The number of hydrogen-bond donors (Lipinski definition) is 1. The average Bonchev–Trinajstić information content (AvgIpc) is 2.46. The van der Waals surface area contributed by atoms with Gasteiger partial charge in [0.1, 0.15) is 0 Å². The van der Waals surface area contributed by atoms with Gasteiger partial charge in [-0.3, -0.25) is 4.79 Å². The maximum Gasteiger partial charge on any atom is 0.394 e. The molecule has 0 aliphatic carbocycles. The Hall–Kier alpha value is -2.04. The van der Waals surface area contributed by atoms with Gasteiger partial charge in [-0.1, -0.05) is 12.1 Å². The van der Waals surface area contributed by atoms with E-state index in [1.165, 1.54) is 10.5 Å². The second kappa shape index (κ2) is 5.94. The zero-order chi connectivity index (χ0) is 14.7. The Morgan fingerprint density at radius 3 is 2.15 bits per heavy atom. The number of piperidine rings is 1. The van der Waals surface area contributed by atoms with Gasteiger partial charge in [0.15, 0.2) is 0 Å². The molecule has 0 spiro atoms. The number of carbonyl (C=O) groups is 2. The molecule has 1 fully saturated rings. The van der Waals surface area contributed by atoms with E-state index in [1.807, 2.05) is 14.1 Å². The van der Waals surface area contributed by atoms with E-state index in [2.05, 4.69) is 29.2 Å². The van der Waals surface area contributed by atoms with Gasteiger partial charge >= 0.3 is 11.9 Å². The Labute approximate surface area is 118 Å². The maximum absolute atomic E-state index is 11.4. The average molecular weight is 276 g/mol. The summed E-state index contributed by atoms with van der Waals surface area (Å²) >= 11 is 0. The highest BCUT2D eigenvalue weighted by Crippen LogP contribution is 2.29. The molecule has 1 N–H and O–H groups in total. The number of aliphatic carboxylic acids is 1. The van der Waals surface area contributed by atoms with E-state index >= 15 is 0 Å². The van der Waals surface area contributed by atoms with Gasteiger partial charge in [0.25, 0.3) is 0 Å². The number of anilines is 1. The van der Waals surface area contributed by atoms with Gasteiger partial charge in [0.05, 0.1) is 0 Å². The van der Waals surface area contributed by atoms with Crippen LogP contribution in [-0.4, -0.2) is 49.1 Å². The van der Waals surface area contributed by atoms with E-state index in [9.17, 15) is 9.59 Å². The maximum atomic E-state index is 11.4. The zero-order valence-electron chi connectivity index (χ0n) is 11.9. The van der Waals surface area contributed by atoms with Crippen molar-refractivity contribution in [3.8, 4) is 0 Å². The molecule has 20 heavy (non-hydrogen) atoms. The minimum Gasteiger partial charge on any atom is -0.474 e. The van der Waals surface area contributed by atoms with Crippen molar-refractivity contribution in [1.82, 2.24) is 4.90 Å². The quantitative estimate of drug-likeness (QED) is 0.832. The highest BCUT2D eigenvalue weighted by molar-refractivity contribution is 6.31. The molecule has 5 nitrogen and oxygen atoms in total. The van der Waals surface area contributed by atoms with Crippen molar-refractivity contribution in [2.45, 2.75) is 18.8 Å². The summed E-state index contributed by atoms with van der Waals surface area (Å²) in [5.41, 5.74) is 2.42. The van der Waals surface area contributed by atoms with Gasteiger partial charge in [-0.25, -0.2) is 4.79 Å². The van der Waals surface area contributed by atoms with Crippen molar-refractivity contribution in [2.24, 2.45) is 0 Å². The number of rotatable bonds is 2. The monoisotopic (exact) mass is 276 g/mol. The first-order valence-electron chi connectivity index (χ1n) is 6.78. The second-order valence-electron chi connectivity index (χ2n) is 5.36. The summed E-state index contributed by atoms with van der Waals surface area (Å²) in [6, 6.07) is 8.41. The van der Waals surface area contributed by atoms with Gasteiger partial charge in [-0.05, 0) is 36.5 Å². The molecule has 0 radical (unpaired) electrons. The predicted octanol–water partition coefficient (Wildman–Crippen LogP) is 1.54. The number of nitrogens with zero attached hydrogens (tertiary/aromatic N) is 2. The van der Waals surface area contributed by atoms with Gasteiger partial charge in [0, 0.05) is 32.9 Å². The molecule has 0 saturated carbocycles. The van der Waals surface area contributed by atoms with E-state index in [-0.39, 0.29) is 0 Å². The predicted molar refractivity (Wildman–Crippen MR) is 77.0 cm³/mol. The molecule has 1 aromatic carbocycles. The fraction of sp³-hybridized carbons (Fsp3) is 0.467. The van der Waals surface area contributed by atoms with E-state index in [0.29, 0.717) is 19.0 Å². The molecule has 1 saturated heterocycles. The number of hydrogen-bond acceptors (Lipinski definition) is 3. The van der Waals surface area contributed by atoms with Crippen LogP contribution in [0.25, 0.3) is 0 Å². The van der Waals surface area contributed by atoms with Gasteiger partial charge in [-0.2, -0.15) is 0 Å². The molecule has 0 atom stereocenters. The molecule has 0 unspecified atom stereocenters.